The molecule has 0 aliphatic rings. The molecule has 0 spiro atoms. The molecule has 0 aromatic carbocycles. The van der Waals surface area contributed by atoms with Crippen molar-refractivity contribution in [2.24, 2.45) is 0 Å². The highest BCUT2D eigenvalue weighted by Crippen LogP contribution is 2.17. The van der Waals surface area contributed by atoms with Crippen LogP contribution in [-0.2, 0) is 6.42 Å². The second-order valence-electron chi connectivity index (χ2n) is 3.05. The average Bonchev–Trinajstić information content (AvgIpc) is 2.16. The number of aromatic nitrogens is 1. The molecule has 1 heterocycles. The van der Waals surface area contributed by atoms with Crippen LogP contribution in [0.4, 0.5) is 5.69 Å². The van der Waals surface area contributed by atoms with Crippen molar-refractivity contribution >= 4 is 5.69 Å². The van der Waals surface area contributed by atoms with Crippen molar-refractivity contribution in [3.8, 4) is 6.07 Å². The molecule has 0 atom stereocenters. The molecule has 1 rings (SSSR count). The van der Waals surface area contributed by atoms with Crippen LogP contribution in [0.5, 0.6) is 0 Å². The molecule has 0 aliphatic heterocycles. The number of nitrogens with zero attached hydrogens (tertiary/aromatic N) is 3. The molecule has 68 valence electrons. The van der Waals surface area contributed by atoms with E-state index in [-0.39, 0.29) is 0 Å². The maximum absolute atomic E-state index is 8.81. The SMILES string of the molecule is CCc1cc(N(C)C)c(C#N)cn1. The van der Waals surface area contributed by atoms with E-state index in [1.54, 1.807) is 6.20 Å². The number of pyridine rings is 1. The van der Waals surface area contributed by atoms with Gasteiger partial charge in [0.1, 0.15) is 6.07 Å². The highest BCUT2D eigenvalue weighted by molar-refractivity contribution is 5.58. The summed E-state index contributed by atoms with van der Waals surface area (Å²) in [7, 11) is 3.85. The predicted molar refractivity (Wildman–Crippen MR) is 52.7 cm³/mol. The highest BCUT2D eigenvalue weighted by atomic mass is 15.1. The molecule has 1 aromatic heterocycles. The Bertz CT molecular complexity index is 337. The predicted octanol–water partition coefficient (Wildman–Crippen LogP) is 1.58. The molecular formula is C10H13N3. The number of anilines is 1. The number of rotatable bonds is 2. The van der Waals surface area contributed by atoms with Crippen molar-refractivity contribution in [2.75, 3.05) is 19.0 Å². The van der Waals surface area contributed by atoms with Gasteiger partial charge >= 0.3 is 0 Å². The summed E-state index contributed by atoms with van der Waals surface area (Å²) >= 11 is 0. The zero-order chi connectivity index (χ0) is 9.84. The summed E-state index contributed by atoms with van der Waals surface area (Å²) in [5.41, 5.74) is 2.58. The molecule has 0 aliphatic carbocycles. The van der Waals surface area contributed by atoms with Crippen LogP contribution < -0.4 is 4.90 Å². The van der Waals surface area contributed by atoms with Crippen molar-refractivity contribution in [3.05, 3.63) is 23.5 Å². The van der Waals surface area contributed by atoms with Crippen molar-refractivity contribution in [2.45, 2.75) is 13.3 Å². The minimum atomic E-state index is 0.627. The fourth-order valence-electron chi connectivity index (χ4n) is 1.14. The summed E-state index contributed by atoms with van der Waals surface area (Å²) in [5.74, 6) is 0. The van der Waals surface area contributed by atoms with Crippen LogP contribution in [0.3, 0.4) is 0 Å². The lowest BCUT2D eigenvalue weighted by atomic mass is 10.2. The third kappa shape index (κ3) is 1.97. The molecule has 0 unspecified atom stereocenters. The van der Waals surface area contributed by atoms with Gasteiger partial charge in [0.25, 0.3) is 0 Å². The molecule has 0 amide bonds. The smallest absolute Gasteiger partial charge is 0.103 e. The van der Waals surface area contributed by atoms with Gasteiger partial charge in [0.05, 0.1) is 11.3 Å². The second kappa shape index (κ2) is 3.90. The summed E-state index contributed by atoms with van der Waals surface area (Å²) in [6, 6.07) is 4.08. The van der Waals surface area contributed by atoms with Crippen LogP contribution >= 0.6 is 0 Å². The number of hydrogen-bond donors (Lipinski definition) is 0. The Kier molecular flexibility index (Phi) is 2.86. The molecule has 0 saturated heterocycles. The Labute approximate surface area is 78.6 Å². The Morgan fingerprint density at radius 2 is 2.23 bits per heavy atom. The monoisotopic (exact) mass is 175 g/mol. The molecule has 0 N–H and O–H groups in total. The van der Waals surface area contributed by atoms with Crippen molar-refractivity contribution < 1.29 is 0 Å². The van der Waals surface area contributed by atoms with Gasteiger partial charge in [-0.1, -0.05) is 6.92 Å². The Morgan fingerprint density at radius 3 is 2.69 bits per heavy atom. The molecule has 1 aromatic rings. The topological polar surface area (TPSA) is 39.9 Å². The van der Waals surface area contributed by atoms with Crippen LogP contribution in [0.2, 0.25) is 0 Å². The highest BCUT2D eigenvalue weighted by Gasteiger charge is 2.05. The van der Waals surface area contributed by atoms with E-state index in [0.717, 1.165) is 17.8 Å². The molecule has 0 bridgehead atoms. The molecule has 3 heteroatoms. The van der Waals surface area contributed by atoms with E-state index in [4.69, 9.17) is 5.26 Å². The first-order valence-corrected chi connectivity index (χ1v) is 4.25. The van der Waals surface area contributed by atoms with Gasteiger partial charge in [-0.3, -0.25) is 4.98 Å². The van der Waals surface area contributed by atoms with Gasteiger partial charge in [0.15, 0.2) is 0 Å². The zero-order valence-electron chi connectivity index (χ0n) is 8.20. The second-order valence-corrected chi connectivity index (χ2v) is 3.05. The summed E-state index contributed by atoms with van der Waals surface area (Å²) in [6.45, 7) is 2.05. The van der Waals surface area contributed by atoms with Gasteiger partial charge in [0, 0.05) is 26.0 Å². The Balaban J connectivity index is 3.20. The van der Waals surface area contributed by atoms with Gasteiger partial charge in [0.2, 0.25) is 0 Å². The van der Waals surface area contributed by atoms with Crippen LogP contribution in [0.15, 0.2) is 12.3 Å². The van der Waals surface area contributed by atoms with E-state index in [1.807, 2.05) is 32.0 Å². The lowest BCUT2D eigenvalue weighted by Crippen LogP contribution is -2.11. The average molecular weight is 175 g/mol. The zero-order valence-corrected chi connectivity index (χ0v) is 8.20. The van der Waals surface area contributed by atoms with Crippen LogP contribution in [0, 0.1) is 11.3 Å². The number of aryl methyl sites for hydroxylation is 1. The molecule has 3 nitrogen and oxygen atoms in total. The quantitative estimate of drug-likeness (QED) is 0.685. The fourth-order valence-corrected chi connectivity index (χ4v) is 1.14. The summed E-state index contributed by atoms with van der Waals surface area (Å²) < 4.78 is 0. The number of hydrogen-bond acceptors (Lipinski definition) is 3. The lowest BCUT2D eigenvalue weighted by molar-refractivity contribution is 1.01. The first kappa shape index (κ1) is 9.53. The van der Waals surface area contributed by atoms with E-state index < -0.39 is 0 Å². The lowest BCUT2D eigenvalue weighted by Gasteiger charge is -2.14. The van der Waals surface area contributed by atoms with E-state index >= 15 is 0 Å². The summed E-state index contributed by atoms with van der Waals surface area (Å²) in [6.07, 6.45) is 2.53. The summed E-state index contributed by atoms with van der Waals surface area (Å²) in [4.78, 5) is 6.09. The van der Waals surface area contributed by atoms with Crippen molar-refractivity contribution in [3.63, 3.8) is 0 Å². The maximum Gasteiger partial charge on any atom is 0.103 e. The van der Waals surface area contributed by atoms with Crippen molar-refractivity contribution in [1.82, 2.24) is 4.98 Å². The van der Waals surface area contributed by atoms with Gasteiger partial charge in [-0.15, -0.1) is 0 Å². The largest absolute Gasteiger partial charge is 0.376 e. The van der Waals surface area contributed by atoms with Crippen molar-refractivity contribution in [1.29, 1.82) is 5.26 Å². The van der Waals surface area contributed by atoms with Gasteiger partial charge in [-0.25, -0.2) is 0 Å². The first-order valence-electron chi connectivity index (χ1n) is 4.25. The minimum absolute atomic E-state index is 0.627. The van der Waals surface area contributed by atoms with Crippen LogP contribution in [0.1, 0.15) is 18.2 Å². The third-order valence-corrected chi connectivity index (χ3v) is 1.90. The standard InChI is InChI=1S/C10H13N3/c1-4-9-5-10(13(2)3)8(6-11)7-12-9/h5,7H,4H2,1-3H3. The van der Waals surface area contributed by atoms with Crippen LogP contribution in [-0.4, -0.2) is 19.1 Å². The van der Waals surface area contributed by atoms with E-state index in [9.17, 15) is 0 Å². The molecule has 0 fully saturated rings. The number of nitriles is 1. The maximum atomic E-state index is 8.81. The Hall–Kier alpha value is -1.56. The normalized spacial score (nSPS) is 9.38. The van der Waals surface area contributed by atoms with Crippen LogP contribution in [0.25, 0.3) is 0 Å². The first-order chi connectivity index (χ1) is 6.19. The molecule has 13 heavy (non-hydrogen) atoms. The molecule has 0 radical (unpaired) electrons. The fraction of sp³-hybridized carbons (Fsp3) is 0.400. The molecular weight excluding hydrogens is 162 g/mol. The summed E-state index contributed by atoms with van der Waals surface area (Å²) in [5, 5.41) is 8.81. The third-order valence-electron chi connectivity index (χ3n) is 1.90. The molecule has 0 saturated carbocycles. The van der Waals surface area contributed by atoms with Gasteiger partial charge < -0.3 is 4.90 Å². The Morgan fingerprint density at radius 1 is 1.54 bits per heavy atom. The minimum Gasteiger partial charge on any atom is -0.376 e. The van der Waals surface area contributed by atoms with Gasteiger partial charge in [-0.2, -0.15) is 5.26 Å². The van der Waals surface area contributed by atoms with Gasteiger partial charge in [-0.05, 0) is 12.5 Å². The van der Waals surface area contributed by atoms with E-state index in [1.165, 1.54) is 0 Å². The van der Waals surface area contributed by atoms with E-state index in [2.05, 4.69) is 11.1 Å². The van der Waals surface area contributed by atoms with E-state index in [0.29, 0.717) is 5.56 Å².